The van der Waals surface area contributed by atoms with E-state index in [2.05, 4.69) is 11.2 Å². The predicted molar refractivity (Wildman–Crippen MR) is 61.0 cm³/mol. The third-order valence-corrected chi connectivity index (χ3v) is 2.89. The number of carboxylic acids is 1. The van der Waals surface area contributed by atoms with Crippen molar-refractivity contribution < 1.29 is 9.90 Å². The summed E-state index contributed by atoms with van der Waals surface area (Å²) in [5.74, 6) is 1.69. The summed E-state index contributed by atoms with van der Waals surface area (Å²) in [7, 11) is 0. The molecule has 0 amide bonds. The van der Waals surface area contributed by atoms with E-state index in [4.69, 9.17) is 11.5 Å². The minimum absolute atomic E-state index is 0.255. The van der Waals surface area contributed by atoms with Gasteiger partial charge in [-0.3, -0.25) is 0 Å². The van der Waals surface area contributed by atoms with E-state index in [1.54, 1.807) is 11.4 Å². The van der Waals surface area contributed by atoms with Gasteiger partial charge in [0, 0.05) is 29.3 Å². The van der Waals surface area contributed by atoms with E-state index in [0.717, 1.165) is 4.88 Å². The molecule has 0 saturated heterocycles. The quantitative estimate of drug-likeness (QED) is 0.750. The van der Waals surface area contributed by atoms with Crippen LogP contribution in [0.3, 0.4) is 0 Å². The van der Waals surface area contributed by atoms with Crippen molar-refractivity contribution >= 4 is 17.3 Å². The van der Waals surface area contributed by atoms with Crippen molar-refractivity contribution in [2.45, 2.75) is 25.9 Å². The van der Waals surface area contributed by atoms with Gasteiger partial charge in [0.1, 0.15) is 0 Å². The number of carboxylic acid groups (broad SMARTS) is 1. The number of carbonyl (C=O) groups is 1. The van der Waals surface area contributed by atoms with Crippen LogP contribution in [0.1, 0.15) is 28.6 Å². The van der Waals surface area contributed by atoms with Gasteiger partial charge in [-0.15, -0.1) is 23.7 Å². The summed E-state index contributed by atoms with van der Waals surface area (Å²) < 4.78 is 0. The molecule has 0 aromatic carbocycles. The van der Waals surface area contributed by atoms with Crippen LogP contribution in [-0.2, 0) is 6.54 Å². The van der Waals surface area contributed by atoms with Crippen molar-refractivity contribution in [1.29, 1.82) is 0 Å². The Morgan fingerprint density at radius 2 is 2.53 bits per heavy atom. The van der Waals surface area contributed by atoms with Gasteiger partial charge in [-0.05, 0) is 13.0 Å². The van der Waals surface area contributed by atoms with Crippen LogP contribution in [0.4, 0.5) is 0 Å². The monoisotopic (exact) mass is 223 g/mol. The highest BCUT2D eigenvalue weighted by Crippen LogP contribution is 2.14. The van der Waals surface area contributed by atoms with Crippen molar-refractivity contribution in [2.75, 3.05) is 0 Å². The van der Waals surface area contributed by atoms with Crippen molar-refractivity contribution in [3.05, 3.63) is 21.9 Å². The summed E-state index contributed by atoms with van der Waals surface area (Å²) in [6, 6.07) is 1.94. The molecule has 80 valence electrons. The number of rotatable bonds is 5. The van der Waals surface area contributed by atoms with Crippen molar-refractivity contribution in [3.63, 3.8) is 0 Å². The molecule has 1 atom stereocenters. The van der Waals surface area contributed by atoms with Crippen LogP contribution in [0.25, 0.3) is 0 Å². The van der Waals surface area contributed by atoms with E-state index >= 15 is 0 Å². The summed E-state index contributed by atoms with van der Waals surface area (Å²) in [6.45, 7) is 2.67. The van der Waals surface area contributed by atoms with Crippen LogP contribution in [0.5, 0.6) is 0 Å². The highest BCUT2D eigenvalue weighted by atomic mass is 32.1. The lowest BCUT2D eigenvalue weighted by Crippen LogP contribution is -2.24. The molecule has 0 aliphatic rings. The van der Waals surface area contributed by atoms with E-state index in [1.807, 2.05) is 6.92 Å². The van der Waals surface area contributed by atoms with Crippen LogP contribution >= 0.6 is 11.3 Å². The molecule has 3 nitrogen and oxygen atoms in total. The fourth-order valence-corrected chi connectivity index (χ4v) is 1.92. The Kier molecular flexibility index (Phi) is 4.35. The van der Waals surface area contributed by atoms with Crippen LogP contribution in [0.2, 0.25) is 0 Å². The molecular formula is C11H13NO2S. The molecule has 1 unspecified atom stereocenters. The molecule has 0 aliphatic heterocycles. The molecule has 2 N–H and O–H groups in total. The largest absolute Gasteiger partial charge is 0.478 e. The average Bonchev–Trinajstić information content (AvgIpc) is 2.63. The molecule has 1 aromatic heterocycles. The predicted octanol–water partition coefficient (Wildman–Crippen LogP) is 1.95. The molecular weight excluding hydrogens is 210 g/mol. The van der Waals surface area contributed by atoms with Crippen molar-refractivity contribution in [2.24, 2.45) is 0 Å². The van der Waals surface area contributed by atoms with Crippen LogP contribution in [0, 0.1) is 12.3 Å². The number of aromatic carboxylic acids is 1. The zero-order valence-electron chi connectivity index (χ0n) is 8.49. The second kappa shape index (κ2) is 5.54. The summed E-state index contributed by atoms with van der Waals surface area (Å²) in [5, 5.41) is 13.6. The molecule has 0 fully saturated rings. The minimum atomic E-state index is -0.880. The zero-order valence-corrected chi connectivity index (χ0v) is 9.30. The second-order valence-corrected chi connectivity index (χ2v) is 4.29. The molecule has 1 rings (SSSR count). The van der Waals surface area contributed by atoms with Crippen LogP contribution in [-0.4, -0.2) is 17.1 Å². The van der Waals surface area contributed by atoms with E-state index in [1.165, 1.54) is 11.3 Å². The van der Waals surface area contributed by atoms with Gasteiger partial charge in [-0.25, -0.2) is 4.79 Å². The van der Waals surface area contributed by atoms with Gasteiger partial charge < -0.3 is 10.4 Å². The molecule has 1 aromatic rings. The number of hydrogen-bond acceptors (Lipinski definition) is 3. The maximum Gasteiger partial charge on any atom is 0.336 e. The molecule has 15 heavy (non-hydrogen) atoms. The Balaban J connectivity index is 2.45. The summed E-state index contributed by atoms with van der Waals surface area (Å²) >= 11 is 1.44. The lowest BCUT2D eigenvalue weighted by atomic mass is 10.2. The minimum Gasteiger partial charge on any atom is -0.478 e. The van der Waals surface area contributed by atoms with Gasteiger partial charge in [-0.1, -0.05) is 0 Å². The van der Waals surface area contributed by atoms with E-state index in [9.17, 15) is 4.79 Å². The summed E-state index contributed by atoms with van der Waals surface area (Å²) in [6.07, 6.45) is 5.85. The zero-order chi connectivity index (χ0) is 11.3. The van der Waals surface area contributed by atoms with Crippen molar-refractivity contribution in [1.82, 2.24) is 5.32 Å². The lowest BCUT2D eigenvalue weighted by Gasteiger charge is -2.08. The van der Waals surface area contributed by atoms with E-state index < -0.39 is 5.97 Å². The average molecular weight is 223 g/mol. The van der Waals surface area contributed by atoms with E-state index in [0.29, 0.717) is 18.5 Å². The third-order valence-electron chi connectivity index (χ3n) is 1.95. The van der Waals surface area contributed by atoms with Gasteiger partial charge in [0.05, 0.1) is 5.56 Å². The molecule has 0 spiro atoms. The maximum absolute atomic E-state index is 10.6. The Morgan fingerprint density at radius 3 is 3.07 bits per heavy atom. The number of hydrogen-bond donors (Lipinski definition) is 2. The topological polar surface area (TPSA) is 49.3 Å². The smallest absolute Gasteiger partial charge is 0.336 e. The maximum atomic E-state index is 10.6. The second-order valence-electron chi connectivity index (χ2n) is 3.30. The molecule has 0 radical (unpaired) electrons. The standard InChI is InChI=1S/C11H13NO2S/c1-3-4-8(2)12-6-10-5-9(7-15-10)11(13)14/h1,5,7-8,12H,4,6H2,2H3,(H,13,14). The van der Waals surface area contributed by atoms with Gasteiger partial charge in [0.25, 0.3) is 0 Å². The van der Waals surface area contributed by atoms with Crippen LogP contribution in [0.15, 0.2) is 11.4 Å². The van der Waals surface area contributed by atoms with Gasteiger partial charge >= 0.3 is 5.97 Å². The fourth-order valence-electron chi connectivity index (χ4n) is 1.11. The van der Waals surface area contributed by atoms with Crippen molar-refractivity contribution in [3.8, 4) is 12.3 Å². The first kappa shape index (κ1) is 11.8. The fraction of sp³-hybridized carbons (Fsp3) is 0.364. The first-order valence-corrected chi connectivity index (χ1v) is 5.49. The molecule has 0 aliphatic carbocycles. The Bertz CT molecular complexity index is 378. The van der Waals surface area contributed by atoms with Gasteiger partial charge in [0.2, 0.25) is 0 Å². The SMILES string of the molecule is C#CCC(C)NCc1cc(C(=O)O)cs1. The highest BCUT2D eigenvalue weighted by Gasteiger charge is 2.06. The summed E-state index contributed by atoms with van der Waals surface area (Å²) in [4.78, 5) is 11.6. The molecule has 0 saturated carbocycles. The first-order chi connectivity index (χ1) is 7.13. The number of nitrogens with one attached hydrogen (secondary N) is 1. The van der Waals surface area contributed by atoms with Gasteiger partial charge in [-0.2, -0.15) is 0 Å². The number of terminal acetylenes is 1. The Hall–Kier alpha value is -1.31. The third kappa shape index (κ3) is 3.74. The molecule has 1 heterocycles. The highest BCUT2D eigenvalue weighted by molar-refractivity contribution is 7.10. The molecule has 0 bridgehead atoms. The number of thiophene rings is 1. The first-order valence-electron chi connectivity index (χ1n) is 4.61. The normalized spacial score (nSPS) is 12.0. The summed E-state index contributed by atoms with van der Waals surface area (Å²) in [5.41, 5.74) is 0.349. The van der Waals surface area contributed by atoms with Gasteiger partial charge in [0.15, 0.2) is 0 Å². The lowest BCUT2D eigenvalue weighted by molar-refractivity contribution is 0.0697. The Labute approximate surface area is 93.1 Å². The van der Waals surface area contributed by atoms with Crippen LogP contribution < -0.4 is 5.32 Å². The Morgan fingerprint density at radius 1 is 1.80 bits per heavy atom. The van der Waals surface area contributed by atoms with E-state index in [-0.39, 0.29) is 6.04 Å². The molecule has 4 heteroatoms.